The molecule has 0 saturated heterocycles. The summed E-state index contributed by atoms with van der Waals surface area (Å²) in [4.78, 5) is 57.1. The van der Waals surface area contributed by atoms with Crippen molar-refractivity contribution >= 4 is 46.4 Å². The first-order valence-corrected chi connectivity index (χ1v) is 11.7. The summed E-state index contributed by atoms with van der Waals surface area (Å²) >= 11 is 0. The van der Waals surface area contributed by atoms with E-state index in [4.69, 9.17) is 11.5 Å². The minimum atomic E-state index is -1.58. The minimum absolute atomic E-state index is 0.00193. The van der Waals surface area contributed by atoms with Crippen LogP contribution in [0.5, 0.6) is 0 Å². The normalized spacial score (nSPS) is 14.2. The number of rotatable bonds is 8. The van der Waals surface area contributed by atoms with E-state index in [1.807, 2.05) is 6.07 Å². The number of amides is 2. The largest absolute Gasteiger partial charge is 0.480 e. The summed E-state index contributed by atoms with van der Waals surface area (Å²) in [5.74, 6) is -1.74. The molecule has 194 valence electrons. The van der Waals surface area contributed by atoms with Gasteiger partial charge in [-0.05, 0) is 43.5 Å². The maximum atomic E-state index is 13.0. The lowest BCUT2D eigenvalue weighted by Gasteiger charge is -2.27. The fraction of sp³-hybridized carbons (Fsp3) is 0.375. The zero-order chi connectivity index (χ0) is 26.9. The van der Waals surface area contributed by atoms with E-state index in [1.165, 1.54) is 11.8 Å². The molecule has 3 heterocycles. The van der Waals surface area contributed by atoms with Crippen molar-refractivity contribution in [2.24, 2.45) is 0 Å². The van der Waals surface area contributed by atoms with Gasteiger partial charge in [-0.1, -0.05) is 0 Å². The molecule has 0 aliphatic carbocycles. The summed E-state index contributed by atoms with van der Waals surface area (Å²) in [6.45, 7) is 2.57. The minimum Gasteiger partial charge on any atom is -0.480 e. The van der Waals surface area contributed by atoms with Gasteiger partial charge in [-0.3, -0.25) is 9.59 Å². The third-order valence-corrected chi connectivity index (χ3v) is 6.39. The van der Waals surface area contributed by atoms with Crippen LogP contribution in [0.3, 0.4) is 0 Å². The predicted molar refractivity (Wildman–Crippen MR) is 137 cm³/mol. The first-order chi connectivity index (χ1) is 17.5. The van der Waals surface area contributed by atoms with Crippen molar-refractivity contribution in [3.05, 3.63) is 41.2 Å². The summed E-state index contributed by atoms with van der Waals surface area (Å²) in [5.41, 5.74) is 13.6. The first-order valence-electron chi connectivity index (χ1n) is 11.7. The number of nitrogens with one attached hydrogen (secondary N) is 1. The second-order valence-corrected chi connectivity index (χ2v) is 9.40. The first kappa shape index (κ1) is 25.5. The molecule has 37 heavy (non-hydrogen) atoms. The van der Waals surface area contributed by atoms with Gasteiger partial charge >= 0.3 is 5.97 Å². The third-order valence-electron chi connectivity index (χ3n) is 6.39. The van der Waals surface area contributed by atoms with Gasteiger partial charge in [0.25, 0.3) is 5.91 Å². The van der Waals surface area contributed by atoms with E-state index in [0.29, 0.717) is 41.9 Å². The second kappa shape index (κ2) is 9.84. The molecule has 6 N–H and O–H groups in total. The quantitative estimate of drug-likeness (QED) is 0.333. The molecule has 4 rings (SSSR count). The lowest BCUT2D eigenvalue weighted by Crippen LogP contribution is -2.52. The maximum absolute atomic E-state index is 13.0. The number of anilines is 3. The third kappa shape index (κ3) is 5.34. The molecule has 0 radical (unpaired) electrons. The number of nitrogens with two attached hydrogens (primary N) is 2. The highest BCUT2D eigenvalue weighted by atomic mass is 16.4. The molecule has 13 heteroatoms. The van der Waals surface area contributed by atoms with Crippen molar-refractivity contribution in [1.29, 1.82) is 0 Å². The fourth-order valence-corrected chi connectivity index (χ4v) is 4.16. The molecule has 0 fully saturated rings. The summed E-state index contributed by atoms with van der Waals surface area (Å²) < 4.78 is 0. The molecule has 1 aromatic carbocycles. The number of aromatic nitrogens is 4. The van der Waals surface area contributed by atoms with E-state index in [1.54, 1.807) is 32.4 Å². The van der Waals surface area contributed by atoms with Crippen molar-refractivity contribution in [2.75, 3.05) is 37.0 Å². The van der Waals surface area contributed by atoms with Gasteiger partial charge in [0.1, 0.15) is 5.54 Å². The number of carbonyl (C=O) groups excluding carboxylic acids is 2. The van der Waals surface area contributed by atoms with E-state index < -0.39 is 17.4 Å². The Morgan fingerprint density at radius 2 is 1.95 bits per heavy atom. The standard InChI is InChI=1S/C24H29N9O4/c1-24(22(36)37,8-6-17(34)32(2)3)31-21(35)14-4-5-16-13(10-14)7-9-33(16)12-15-11-27-20-18(28-15)19(25)29-23(26)30-20/h4-5,10-11H,6-9,12H2,1-3H3,(H,31,35)(H,36,37)(H4,25,26,27,29,30)/t24-/m0/s1. The number of hydrogen-bond donors (Lipinski definition) is 4. The average molecular weight is 508 g/mol. The fourth-order valence-electron chi connectivity index (χ4n) is 4.16. The van der Waals surface area contributed by atoms with E-state index in [-0.39, 0.29) is 30.5 Å². The van der Waals surface area contributed by atoms with Crippen LogP contribution in [0, 0.1) is 0 Å². The van der Waals surface area contributed by atoms with Gasteiger partial charge in [0.15, 0.2) is 17.0 Å². The Bertz CT molecular complexity index is 1390. The molecular weight excluding hydrogens is 478 g/mol. The monoisotopic (exact) mass is 507 g/mol. The highest BCUT2D eigenvalue weighted by molar-refractivity contribution is 5.98. The van der Waals surface area contributed by atoms with Crippen LogP contribution >= 0.6 is 0 Å². The van der Waals surface area contributed by atoms with Crippen LogP contribution in [-0.4, -0.2) is 73.9 Å². The van der Waals surface area contributed by atoms with Gasteiger partial charge in [-0.2, -0.15) is 9.97 Å². The van der Waals surface area contributed by atoms with Crippen LogP contribution in [0.2, 0.25) is 0 Å². The highest BCUT2D eigenvalue weighted by Crippen LogP contribution is 2.30. The van der Waals surface area contributed by atoms with Crippen LogP contribution < -0.4 is 21.7 Å². The van der Waals surface area contributed by atoms with Crippen molar-refractivity contribution < 1.29 is 19.5 Å². The molecule has 3 aromatic rings. The Morgan fingerprint density at radius 1 is 1.19 bits per heavy atom. The molecule has 0 bridgehead atoms. The zero-order valence-electron chi connectivity index (χ0n) is 20.9. The zero-order valence-corrected chi connectivity index (χ0v) is 20.9. The van der Waals surface area contributed by atoms with Crippen molar-refractivity contribution in [3.8, 4) is 0 Å². The molecule has 0 unspecified atom stereocenters. The number of fused-ring (bicyclic) bond motifs is 2. The number of hydrogen-bond acceptors (Lipinski definition) is 10. The van der Waals surface area contributed by atoms with E-state index in [0.717, 1.165) is 11.3 Å². The maximum Gasteiger partial charge on any atom is 0.329 e. The summed E-state index contributed by atoms with van der Waals surface area (Å²) in [6, 6.07) is 5.25. The molecule has 0 saturated carbocycles. The Labute approximate surface area is 212 Å². The molecular formula is C24H29N9O4. The lowest BCUT2D eigenvalue weighted by molar-refractivity contribution is -0.144. The van der Waals surface area contributed by atoms with Crippen molar-refractivity contribution in [1.82, 2.24) is 30.2 Å². The van der Waals surface area contributed by atoms with Crippen LogP contribution in [0.1, 0.15) is 41.4 Å². The number of carboxylic acids is 1. The summed E-state index contributed by atoms with van der Waals surface area (Å²) in [7, 11) is 3.19. The topological polar surface area (TPSA) is 194 Å². The van der Waals surface area contributed by atoms with E-state index >= 15 is 0 Å². The summed E-state index contributed by atoms with van der Waals surface area (Å²) in [5, 5.41) is 12.3. The number of nitrogen functional groups attached to an aromatic ring is 2. The van der Waals surface area contributed by atoms with Gasteiger partial charge < -0.3 is 31.7 Å². The molecule has 13 nitrogen and oxygen atoms in total. The van der Waals surface area contributed by atoms with E-state index in [9.17, 15) is 19.5 Å². The second-order valence-electron chi connectivity index (χ2n) is 9.40. The number of benzene rings is 1. The van der Waals surface area contributed by atoms with Gasteiger partial charge in [0.05, 0.1) is 18.4 Å². The number of carbonyl (C=O) groups is 3. The summed E-state index contributed by atoms with van der Waals surface area (Å²) in [6.07, 6.45) is 2.28. The molecule has 2 aromatic heterocycles. The van der Waals surface area contributed by atoms with Crippen LogP contribution in [0.15, 0.2) is 24.4 Å². The van der Waals surface area contributed by atoms with Gasteiger partial charge in [-0.25, -0.2) is 14.8 Å². The molecule has 1 aliphatic heterocycles. The number of nitrogens with zero attached hydrogens (tertiary/aromatic N) is 6. The highest BCUT2D eigenvalue weighted by Gasteiger charge is 2.36. The van der Waals surface area contributed by atoms with E-state index in [2.05, 4.69) is 30.2 Å². The Morgan fingerprint density at radius 3 is 2.65 bits per heavy atom. The van der Waals surface area contributed by atoms with Crippen LogP contribution in [0.4, 0.5) is 17.5 Å². The smallest absolute Gasteiger partial charge is 0.329 e. The Balaban J connectivity index is 1.48. The number of carboxylic acid groups (broad SMARTS) is 1. The molecule has 1 aliphatic rings. The Hall–Kier alpha value is -4.55. The van der Waals surface area contributed by atoms with Crippen LogP contribution in [0.25, 0.3) is 11.2 Å². The van der Waals surface area contributed by atoms with Gasteiger partial charge in [0, 0.05) is 38.3 Å². The molecule has 1 atom stereocenters. The Kier molecular flexibility index (Phi) is 6.79. The molecule has 0 spiro atoms. The average Bonchev–Trinajstić information content (AvgIpc) is 3.24. The van der Waals surface area contributed by atoms with Crippen molar-refractivity contribution in [3.63, 3.8) is 0 Å². The predicted octanol–water partition coefficient (Wildman–Crippen LogP) is 0.588. The molecule has 2 amide bonds. The van der Waals surface area contributed by atoms with Crippen molar-refractivity contribution in [2.45, 2.75) is 38.3 Å². The van der Waals surface area contributed by atoms with Gasteiger partial charge in [0.2, 0.25) is 11.9 Å². The van der Waals surface area contributed by atoms with Crippen LogP contribution in [-0.2, 0) is 22.6 Å². The SMILES string of the molecule is CN(C)C(=O)CC[C@](C)(NC(=O)c1ccc2c(c1)CCN2Cc1cnc2nc(N)nc(N)c2n1)C(=O)O. The van der Waals surface area contributed by atoms with Gasteiger partial charge in [-0.15, -0.1) is 0 Å². The number of aliphatic carboxylic acids is 1. The lowest BCUT2D eigenvalue weighted by atomic mass is 9.94.